The maximum Gasteiger partial charge on any atom is 0.259 e. The predicted molar refractivity (Wildman–Crippen MR) is 128 cm³/mol. The number of halogens is 1. The molecule has 1 aliphatic rings. The Morgan fingerprint density at radius 3 is 2.62 bits per heavy atom. The fraction of sp³-hybridized carbons (Fsp3) is 0.125. The zero-order valence-electron chi connectivity index (χ0n) is 17.0. The van der Waals surface area contributed by atoms with E-state index in [0.717, 1.165) is 22.7 Å². The number of nitrogens with zero attached hydrogens (tertiary/aromatic N) is 3. The molecule has 1 fully saturated rings. The summed E-state index contributed by atoms with van der Waals surface area (Å²) in [5.41, 5.74) is 3.08. The van der Waals surface area contributed by atoms with Gasteiger partial charge in [-0.15, -0.1) is 11.3 Å². The van der Waals surface area contributed by atoms with Gasteiger partial charge in [-0.1, -0.05) is 35.9 Å². The summed E-state index contributed by atoms with van der Waals surface area (Å²) in [4.78, 5) is 28.1. The second kappa shape index (κ2) is 8.61. The molecule has 0 radical (unpaired) electrons. The second-order valence-electron chi connectivity index (χ2n) is 7.42. The molecule has 0 atom stereocenters. The zero-order chi connectivity index (χ0) is 22.1. The van der Waals surface area contributed by atoms with E-state index in [1.54, 1.807) is 34.0 Å². The van der Waals surface area contributed by atoms with Crippen LogP contribution in [0.3, 0.4) is 0 Å². The summed E-state index contributed by atoms with van der Waals surface area (Å²) < 4.78 is 1.70. The lowest BCUT2D eigenvalue weighted by atomic mass is 10.2. The van der Waals surface area contributed by atoms with Gasteiger partial charge in [-0.05, 0) is 48.2 Å². The van der Waals surface area contributed by atoms with Gasteiger partial charge in [-0.3, -0.25) is 9.59 Å². The van der Waals surface area contributed by atoms with Gasteiger partial charge in [0.2, 0.25) is 5.91 Å². The first-order chi connectivity index (χ1) is 15.6. The number of aromatic nitrogens is 2. The highest BCUT2D eigenvalue weighted by Gasteiger charge is 2.24. The van der Waals surface area contributed by atoms with Gasteiger partial charge in [0.15, 0.2) is 0 Å². The first-order valence-electron chi connectivity index (χ1n) is 10.2. The minimum atomic E-state index is -0.317. The Kier molecular flexibility index (Phi) is 5.51. The number of para-hydroxylation sites is 1. The van der Waals surface area contributed by atoms with Crippen LogP contribution in [0.2, 0.25) is 5.02 Å². The molecule has 0 aliphatic carbocycles. The first kappa shape index (κ1) is 20.5. The minimum absolute atomic E-state index is 0.0775. The van der Waals surface area contributed by atoms with Gasteiger partial charge < -0.3 is 10.2 Å². The Morgan fingerprint density at radius 2 is 1.91 bits per heavy atom. The van der Waals surface area contributed by atoms with E-state index < -0.39 is 0 Å². The van der Waals surface area contributed by atoms with E-state index in [9.17, 15) is 9.59 Å². The molecule has 3 heterocycles. The molecule has 0 bridgehead atoms. The van der Waals surface area contributed by atoms with Crippen LogP contribution in [0.25, 0.3) is 16.3 Å². The Balaban J connectivity index is 1.49. The van der Waals surface area contributed by atoms with E-state index in [2.05, 4.69) is 10.4 Å². The number of thiophene rings is 1. The fourth-order valence-corrected chi connectivity index (χ4v) is 4.62. The van der Waals surface area contributed by atoms with Gasteiger partial charge in [0.05, 0.1) is 26.8 Å². The van der Waals surface area contributed by atoms with Crippen LogP contribution in [0, 0.1) is 0 Å². The number of carbonyl (C=O) groups excluding carboxylic acids is 2. The van der Waals surface area contributed by atoms with Crippen molar-refractivity contribution in [1.29, 1.82) is 0 Å². The van der Waals surface area contributed by atoms with E-state index in [-0.39, 0.29) is 11.8 Å². The van der Waals surface area contributed by atoms with E-state index in [0.29, 0.717) is 34.9 Å². The van der Waals surface area contributed by atoms with Crippen molar-refractivity contribution in [2.24, 2.45) is 0 Å². The summed E-state index contributed by atoms with van der Waals surface area (Å²) in [6.45, 7) is 0.667. The third kappa shape index (κ3) is 3.92. The van der Waals surface area contributed by atoms with Crippen molar-refractivity contribution in [2.45, 2.75) is 12.8 Å². The second-order valence-corrected chi connectivity index (χ2v) is 8.77. The molecule has 8 heteroatoms. The molecule has 2 amide bonds. The number of amides is 2. The SMILES string of the molecule is O=C(Nc1cc(N2CCCC2=O)ccc1Cl)c1cn(-c2ccccc2)nc1-c1cccs1. The molecule has 5 rings (SSSR count). The molecule has 32 heavy (non-hydrogen) atoms. The van der Waals surface area contributed by atoms with Crippen molar-refractivity contribution < 1.29 is 9.59 Å². The highest BCUT2D eigenvalue weighted by molar-refractivity contribution is 7.13. The summed E-state index contributed by atoms with van der Waals surface area (Å²) >= 11 is 7.89. The third-order valence-electron chi connectivity index (χ3n) is 5.32. The molecule has 2 aromatic carbocycles. The van der Waals surface area contributed by atoms with Gasteiger partial charge in [0, 0.05) is 24.8 Å². The average Bonchev–Trinajstić information content (AvgIpc) is 3.56. The minimum Gasteiger partial charge on any atom is -0.320 e. The quantitative estimate of drug-likeness (QED) is 0.417. The average molecular weight is 463 g/mol. The maximum absolute atomic E-state index is 13.3. The van der Waals surface area contributed by atoms with Crippen molar-refractivity contribution in [2.75, 3.05) is 16.8 Å². The summed E-state index contributed by atoms with van der Waals surface area (Å²) in [5, 5.41) is 9.95. The van der Waals surface area contributed by atoms with Crippen molar-refractivity contribution in [3.63, 3.8) is 0 Å². The van der Waals surface area contributed by atoms with Crippen LogP contribution >= 0.6 is 22.9 Å². The Hall–Kier alpha value is -3.42. The number of hydrogen-bond acceptors (Lipinski definition) is 4. The summed E-state index contributed by atoms with van der Waals surface area (Å²) in [7, 11) is 0. The number of rotatable bonds is 5. The Labute approximate surface area is 194 Å². The van der Waals surface area contributed by atoms with Gasteiger partial charge >= 0.3 is 0 Å². The van der Waals surface area contributed by atoms with Crippen molar-refractivity contribution in [3.05, 3.63) is 82.8 Å². The van der Waals surface area contributed by atoms with Gasteiger partial charge in [-0.2, -0.15) is 5.10 Å². The smallest absolute Gasteiger partial charge is 0.259 e. The molecule has 1 aliphatic heterocycles. The number of hydrogen-bond donors (Lipinski definition) is 1. The van der Waals surface area contributed by atoms with Crippen LogP contribution in [0.5, 0.6) is 0 Å². The van der Waals surface area contributed by atoms with Gasteiger partial charge in [0.1, 0.15) is 5.69 Å². The van der Waals surface area contributed by atoms with Gasteiger partial charge in [0.25, 0.3) is 5.91 Å². The molecule has 0 unspecified atom stereocenters. The van der Waals surface area contributed by atoms with Crippen LogP contribution < -0.4 is 10.2 Å². The largest absolute Gasteiger partial charge is 0.320 e. The molecule has 2 aromatic heterocycles. The molecule has 1 N–H and O–H groups in total. The molecule has 0 spiro atoms. The maximum atomic E-state index is 13.3. The fourth-order valence-electron chi connectivity index (χ4n) is 3.74. The molecule has 160 valence electrons. The van der Waals surface area contributed by atoms with E-state index in [4.69, 9.17) is 11.6 Å². The number of benzene rings is 2. The van der Waals surface area contributed by atoms with Crippen LogP contribution in [-0.4, -0.2) is 28.1 Å². The molecule has 1 saturated heterocycles. The predicted octanol–water partition coefficient (Wildman–Crippen LogP) is 5.63. The summed E-state index contributed by atoms with van der Waals surface area (Å²) in [6, 6.07) is 18.7. The molecule has 0 saturated carbocycles. The number of anilines is 2. The molecular formula is C24H19ClN4O2S. The highest BCUT2D eigenvalue weighted by atomic mass is 35.5. The lowest BCUT2D eigenvalue weighted by molar-refractivity contribution is -0.117. The first-order valence-corrected chi connectivity index (χ1v) is 11.5. The van der Waals surface area contributed by atoms with E-state index in [1.807, 2.05) is 47.8 Å². The van der Waals surface area contributed by atoms with Crippen LogP contribution in [0.4, 0.5) is 11.4 Å². The van der Waals surface area contributed by atoms with Crippen LogP contribution in [0.1, 0.15) is 23.2 Å². The molecule has 6 nitrogen and oxygen atoms in total. The van der Waals surface area contributed by atoms with Crippen LogP contribution in [-0.2, 0) is 4.79 Å². The van der Waals surface area contributed by atoms with Gasteiger partial charge in [-0.25, -0.2) is 4.68 Å². The third-order valence-corrected chi connectivity index (χ3v) is 6.52. The standard InChI is InChI=1S/C24H19ClN4O2S/c25-19-11-10-17(28-12-4-9-22(28)30)14-20(19)26-24(31)18-15-29(16-6-2-1-3-7-16)27-23(18)21-8-5-13-32-21/h1-3,5-8,10-11,13-15H,4,9,12H2,(H,26,31). The Morgan fingerprint density at radius 1 is 1.06 bits per heavy atom. The van der Waals surface area contributed by atoms with Crippen molar-refractivity contribution >= 4 is 46.1 Å². The number of nitrogens with one attached hydrogen (secondary N) is 1. The lowest BCUT2D eigenvalue weighted by Crippen LogP contribution is -2.23. The molecular weight excluding hydrogens is 444 g/mol. The molecule has 4 aromatic rings. The van der Waals surface area contributed by atoms with Crippen molar-refractivity contribution in [3.8, 4) is 16.3 Å². The van der Waals surface area contributed by atoms with Crippen LogP contribution in [0.15, 0.2) is 72.2 Å². The topological polar surface area (TPSA) is 67.2 Å². The normalized spacial score (nSPS) is 13.5. The van der Waals surface area contributed by atoms with E-state index >= 15 is 0 Å². The van der Waals surface area contributed by atoms with Crippen molar-refractivity contribution in [1.82, 2.24) is 9.78 Å². The highest BCUT2D eigenvalue weighted by Crippen LogP contribution is 2.32. The Bertz CT molecular complexity index is 1280. The monoisotopic (exact) mass is 462 g/mol. The lowest BCUT2D eigenvalue weighted by Gasteiger charge is -2.17. The summed E-state index contributed by atoms with van der Waals surface area (Å²) in [6.07, 6.45) is 3.08. The summed E-state index contributed by atoms with van der Waals surface area (Å²) in [5.74, 6) is -0.240. The zero-order valence-corrected chi connectivity index (χ0v) is 18.6. The van der Waals surface area contributed by atoms with E-state index in [1.165, 1.54) is 11.3 Å². The number of carbonyl (C=O) groups is 2.